The van der Waals surface area contributed by atoms with Crippen LogP contribution in [0.25, 0.3) is 0 Å². The van der Waals surface area contributed by atoms with Gasteiger partial charge >= 0.3 is 0 Å². The summed E-state index contributed by atoms with van der Waals surface area (Å²) in [7, 11) is 0. The molecule has 2 atom stereocenters. The van der Waals surface area contributed by atoms with Crippen LogP contribution < -0.4 is 5.32 Å². The maximum Gasteiger partial charge on any atom is 0.257 e. The number of carbonyl (C=O) groups excluding carboxylic acids is 1. The van der Waals surface area contributed by atoms with Gasteiger partial charge in [0.2, 0.25) is 0 Å². The van der Waals surface area contributed by atoms with Crippen LogP contribution in [0.4, 0.5) is 0 Å². The first kappa shape index (κ1) is 14.3. The zero-order chi connectivity index (χ0) is 14.8. The highest BCUT2D eigenvalue weighted by Gasteiger charge is 2.37. The van der Waals surface area contributed by atoms with Crippen LogP contribution in [0.5, 0.6) is 5.75 Å². The number of hydrogen-bond acceptors (Lipinski definition) is 4. The van der Waals surface area contributed by atoms with E-state index in [1.54, 1.807) is 12.3 Å². The first-order valence-corrected chi connectivity index (χ1v) is 7.89. The molecule has 0 saturated carbocycles. The Morgan fingerprint density at radius 3 is 2.76 bits per heavy atom. The number of rotatable bonds is 4. The lowest BCUT2D eigenvalue weighted by Gasteiger charge is -2.38. The third-order valence-electron chi connectivity index (χ3n) is 4.64. The summed E-state index contributed by atoms with van der Waals surface area (Å²) < 4.78 is 0. The highest BCUT2D eigenvalue weighted by Crippen LogP contribution is 2.31. The second-order valence-corrected chi connectivity index (χ2v) is 6.15. The number of carbonyl (C=O) groups is 1. The Morgan fingerprint density at radius 1 is 1.43 bits per heavy atom. The second kappa shape index (κ2) is 6.02. The van der Waals surface area contributed by atoms with Crippen molar-refractivity contribution in [2.45, 2.75) is 57.2 Å². The van der Waals surface area contributed by atoms with Crippen molar-refractivity contribution >= 4 is 5.91 Å². The van der Waals surface area contributed by atoms with Crippen molar-refractivity contribution < 1.29 is 9.90 Å². The Balaban J connectivity index is 1.81. The molecule has 2 N–H and O–H groups in total. The summed E-state index contributed by atoms with van der Waals surface area (Å²) in [4.78, 5) is 18.6. The van der Waals surface area contributed by atoms with E-state index in [2.05, 4.69) is 17.2 Å². The van der Waals surface area contributed by atoms with Crippen molar-refractivity contribution in [1.82, 2.24) is 15.2 Å². The van der Waals surface area contributed by atoms with Gasteiger partial charge in [-0.2, -0.15) is 0 Å². The van der Waals surface area contributed by atoms with Crippen molar-refractivity contribution in [2.75, 3.05) is 6.54 Å². The second-order valence-electron chi connectivity index (χ2n) is 6.15. The summed E-state index contributed by atoms with van der Waals surface area (Å²) in [6.45, 7) is 2.83. The Labute approximate surface area is 125 Å². The van der Waals surface area contributed by atoms with E-state index in [9.17, 15) is 9.90 Å². The van der Waals surface area contributed by atoms with Gasteiger partial charge in [0.1, 0.15) is 5.75 Å². The Hall–Kier alpha value is -1.62. The molecule has 3 heterocycles. The van der Waals surface area contributed by atoms with Crippen LogP contribution >= 0.6 is 0 Å². The molecule has 21 heavy (non-hydrogen) atoms. The molecule has 0 aromatic carbocycles. The van der Waals surface area contributed by atoms with Crippen molar-refractivity contribution in [3.05, 3.63) is 24.0 Å². The Bertz CT molecular complexity index is 508. The highest BCUT2D eigenvalue weighted by atomic mass is 16.3. The number of hydrogen-bond donors (Lipinski definition) is 2. The van der Waals surface area contributed by atoms with Crippen LogP contribution in [0.1, 0.15) is 49.4 Å². The molecular weight excluding hydrogens is 266 g/mol. The number of fused-ring (bicyclic) bond motifs is 2. The van der Waals surface area contributed by atoms with Gasteiger partial charge < -0.3 is 15.3 Å². The summed E-state index contributed by atoms with van der Waals surface area (Å²) in [6, 6.07) is 2.98. The maximum atomic E-state index is 12.8. The third kappa shape index (κ3) is 2.88. The van der Waals surface area contributed by atoms with E-state index in [0.29, 0.717) is 17.6 Å². The summed E-state index contributed by atoms with van der Waals surface area (Å²) in [5, 5.41) is 13.5. The fourth-order valence-corrected chi connectivity index (χ4v) is 3.69. The molecule has 2 saturated heterocycles. The predicted molar refractivity (Wildman–Crippen MR) is 80.2 cm³/mol. The molecule has 2 aliphatic rings. The van der Waals surface area contributed by atoms with E-state index in [4.69, 9.17) is 0 Å². The number of nitrogens with zero attached hydrogens (tertiary/aromatic N) is 2. The van der Waals surface area contributed by atoms with Crippen molar-refractivity contribution in [1.29, 1.82) is 0 Å². The van der Waals surface area contributed by atoms with E-state index in [1.165, 1.54) is 19.0 Å². The molecule has 2 unspecified atom stereocenters. The number of aromatic hydroxyl groups is 1. The summed E-state index contributed by atoms with van der Waals surface area (Å²) in [5.41, 5.74) is 0.365. The molecule has 5 nitrogen and oxygen atoms in total. The zero-order valence-corrected chi connectivity index (χ0v) is 12.5. The molecule has 0 spiro atoms. The van der Waals surface area contributed by atoms with Crippen LogP contribution in [0.2, 0.25) is 0 Å². The first-order chi connectivity index (χ1) is 10.2. The average molecular weight is 289 g/mol. The molecule has 3 rings (SSSR count). The maximum absolute atomic E-state index is 12.8. The minimum absolute atomic E-state index is 0.0273. The standard InChI is InChI=1S/C16H23N3O2/c1-2-7-19(13-8-11-3-4-12(9-13)18-11)16(21)14-5-6-17-10-15(14)20/h5-6,10-13,18,20H,2-4,7-9H2,1H3. The van der Waals surface area contributed by atoms with Gasteiger partial charge in [0.15, 0.2) is 0 Å². The lowest BCUT2D eigenvalue weighted by molar-refractivity contribution is 0.0613. The van der Waals surface area contributed by atoms with Gasteiger partial charge in [-0.05, 0) is 38.2 Å². The SMILES string of the molecule is CCCN(C(=O)c1ccncc1O)C1CC2CCC(C1)N2. The molecule has 0 aliphatic carbocycles. The average Bonchev–Trinajstić information content (AvgIpc) is 2.83. The third-order valence-corrected chi connectivity index (χ3v) is 4.64. The van der Waals surface area contributed by atoms with Gasteiger partial charge in [-0.25, -0.2) is 0 Å². The van der Waals surface area contributed by atoms with Gasteiger partial charge in [-0.3, -0.25) is 9.78 Å². The van der Waals surface area contributed by atoms with Crippen LogP contribution in [0.15, 0.2) is 18.5 Å². The zero-order valence-electron chi connectivity index (χ0n) is 12.5. The summed E-state index contributed by atoms with van der Waals surface area (Å²) >= 11 is 0. The van der Waals surface area contributed by atoms with Crippen LogP contribution in [-0.4, -0.2) is 45.6 Å². The number of aromatic nitrogens is 1. The molecular formula is C16H23N3O2. The first-order valence-electron chi connectivity index (χ1n) is 7.89. The van der Waals surface area contributed by atoms with E-state index in [0.717, 1.165) is 25.8 Å². The Morgan fingerprint density at radius 2 is 2.14 bits per heavy atom. The normalized spacial score (nSPS) is 27.6. The lowest BCUT2D eigenvalue weighted by Crippen LogP contribution is -2.50. The fourth-order valence-electron chi connectivity index (χ4n) is 3.69. The highest BCUT2D eigenvalue weighted by molar-refractivity contribution is 5.96. The van der Waals surface area contributed by atoms with Crippen molar-refractivity contribution in [3.63, 3.8) is 0 Å². The molecule has 1 amide bonds. The molecule has 2 aliphatic heterocycles. The van der Waals surface area contributed by atoms with Gasteiger partial charge in [-0.1, -0.05) is 6.92 Å². The quantitative estimate of drug-likeness (QED) is 0.889. The number of amides is 1. The molecule has 1 aromatic heterocycles. The Kier molecular flexibility index (Phi) is 4.10. The van der Waals surface area contributed by atoms with Gasteiger partial charge in [0.25, 0.3) is 5.91 Å². The minimum Gasteiger partial charge on any atom is -0.505 e. The fraction of sp³-hybridized carbons (Fsp3) is 0.625. The predicted octanol–water partition coefficient (Wildman–Crippen LogP) is 1.92. The van der Waals surface area contributed by atoms with Crippen LogP contribution in [-0.2, 0) is 0 Å². The monoisotopic (exact) mass is 289 g/mol. The minimum atomic E-state index is -0.0666. The summed E-state index contributed by atoms with van der Waals surface area (Å²) in [5.74, 6) is -0.0939. The molecule has 2 fully saturated rings. The molecule has 2 bridgehead atoms. The van der Waals surface area contributed by atoms with Gasteiger partial charge in [0, 0.05) is 30.9 Å². The lowest BCUT2D eigenvalue weighted by atomic mass is 9.97. The number of pyridine rings is 1. The molecule has 1 aromatic rings. The van der Waals surface area contributed by atoms with E-state index in [-0.39, 0.29) is 17.7 Å². The van der Waals surface area contributed by atoms with Crippen LogP contribution in [0.3, 0.4) is 0 Å². The van der Waals surface area contributed by atoms with Crippen molar-refractivity contribution in [3.8, 4) is 5.75 Å². The smallest absolute Gasteiger partial charge is 0.257 e. The van der Waals surface area contributed by atoms with E-state index >= 15 is 0 Å². The van der Waals surface area contributed by atoms with Crippen molar-refractivity contribution in [2.24, 2.45) is 0 Å². The van der Waals surface area contributed by atoms with Crippen LogP contribution in [0, 0.1) is 0 Å². The molecule has 5 heteroatoms. The molecule has 114 valence electrons. The molecule has 0 radical (unpaired) electrons. The largest absolute Gasteiger partial charge is 0.505 e. The van der Waals surface area contributed by atoms with E-state index in [1.807, 2.05) is 4.90 Å². The number of piperidine rings is 1. The topological polar surface area (TPSA) is 65.5 Å². The summed E-state index contributed by atoms with van der Waals surface area (Å²) in [6.07, 6.45) is 8.30. The van der Waals surface area contributed by atoms with E-state index < -0.39 is 0 Å². The van der Waals surface area contributed by atoms with Gasteiger partial charge in [-0.15, -0.1) is 0 Å². The van der Waals surface area contributed by atoms with Gasteiger partial charge in [0.05, 0.1) is 11.8 Å². The number of nitrogens with one attached hydrogen (secondary N) is 1.